The van der Waals surface area contributed by atoms with Crippen LogP contribution in [-0.4, -0.2) is 23.4 Å². The van der Waals surface area contributed by atoms with Crippen LogP contribution in [0, 0.1) is 34.5 Å². The number of ketones is 1. The van der Waals surface area contributed by atoms with Gasteiger partial charge in [0.25, 0.3) is 0 Å². The van der Waals surface area contributed by atoms with E-state index in [1.54, 1.807) is 0 Å². The minimum absolute atomic E-state index is 0.00336. The Balaban J connectivity index is 1.64. The molecule has 6 atom stereocenters. The van der Waals surface area contributed by atoms with Gasteiger partial charge in [0, 0.05) is 17.9 Å². The zero-order valence-electron chi connectivity index (χ0n) is 19.4. The van der Waals surface area contributed by atoms with E-state index in [9.17, 15) is 22.8 Å². The first-order valence-electron chi connectivity index (χ1n) is 11.8. The summed E-state index contributed by atoms with van der Waals surface area (Å²) in [5, 5.41) is 3.16. The van der Waals surface area contributed by atoms with Crippen LogP contribution in [0.4, 0.5) is 13.2 Å². The van der Waals surface area contributed by atoms with Gasteiger partial charge in [0.05, 0.1) is 5.57 Å². The smallest absolute Gasteiger partial charge is 0.351 e. The summed E-state index contributed by atoms with van der Waals surface area (Å²) >= 11 is 0. The minimum Gasteiger partial charge on any atom is -0.351 e. The Morgan fingerprint density at radius 3 is 2.26 bits per heavy atom. The van der Waals surface area contributed by atoms with Crippen molar-refractivity contribution >= 4 is 11.7 Å². The van der Waals surface area contributed by atoms with E-state index in [1.807, 2.05) is 27.7 Å². The summed E-state index contributed by atoms with van der Waals surface area (Å²) in [6.07, 6.45) is 0.580. The van der Waals surface area contributed by atoms with E-state index in [0.29, 0.717) is 36.7 Å². The molecule has 0 aromatic heterocycles. The van der Waals surface area contributed by atoms with Gasteiger partial charge in [0.15, 0.2) is 5.78 Å². The fourth-order valence-corrected chi connectivity index (χ4v) is 7.93. The molecular weight excluding hydrogens is 403 g/mol. The van der Waals surface area contributed by atoms with E-state index in [1.165, 1.54) is 0 Å². The number of nitrogens with one attached hydrogen (secondary N) is 1. The van der Waals surface area contributed by atoms with Crippen LogP contribution in [-0.2, 0) is 9.59 Å². The highest BCUT2D eigenvalue weighted by Crippen LogP contribution is 2.67. The van der Waals surface area contributed by atoms with E-state index in [-0.39, 0.29) is 35.1 Å². The maximum absolute atomic E-state index is 13.8. The fourth-order valence-electron chi connectivity index (χ4n) is 7.93. The quantitative estimate of drug-likeness (QED) is 0.546. The summed E-state index contributed by atoms with van der Waals surface area (Å²) in [7, 11) is 0. The Labute approximate surface area is 183 Å². The molecule has 3 nitrogen and oxygen atoms in total. The molecule has 4 rings (SSSR count). The van der Waals surface area contributed by atoms with Crippen LogP contribution in [0.2, 0.25) is 0 Å². The number of carbonyl (C=O) groups is 2. The number of carbonyl (C=O) groups excluding carboxylic acids is 2. The summed E-state index contributed by atoms with van der Waals surface area (Å²) in [5.74, 6) is 0.250. The molecule has 4 aliphatic rings. The summed E-state index contributed by atoms with van der Waals surface area (Å²) in [6.45, 7) is 10.2. The Morgan fingerprint density at radius 2 is 1.65 bits per heavy atom. The van der Waals surface area contributed by atoms with Crippen molar-refractivity contribution in [2.75, 3.05) is 0 Å². The van der Waals surface area contributed by atoms with Gasteiger partial charge in [-0.1, -0.05) is 13.8 Å². The first kappa shape index (κ1) is 22.8. The lowest BCUT2D eigenvalue weighted by Crippen LogP contribution is -2.54. The number of alkyl halides is 3. The molecule has 6 heteroatoms. The number of halogens is 3. The molecule has 1 N–H and O–H groups in total. The van der Waals surface area contributed by atoms with Crippen molar-refractivity contribution in [3.05, 3.63) is 11.1 Å². The fraction of sp³-hybridized carbons (Fsp3) is 0.840. The SMILES string of the molecule is CC(C)(C)NC(=O)[C@H]1CC[C@H]2[C@@H]3CCC4=C(C(F)(F)F)C(=O)CC[C@]4(C)[C@H]3CC[C@]12C. The summed E-state index contributed by atoms with van der Waals surface area (Å²) in [5.41, 5.74) is -1.38. The average molecular weight is 440 g/mol. The number of allylic oxidation sites excluding steroid dienone is 1. The Morgan fingerprint density at radius 1 is 0.968 bits per heavy atom. The molecule has 0 heterocycles. The van der Waals surface area contributed by atoms with Gasteiger partial charge in [-0.15, -0.1) is 0 Å². The van der Waals surface area contributed by atoms with Crippen LogP contribution in [0.15, 0.2) is 11.1 Å². The molecule has 0 aromatic carbocycles. The van der Waals surface area contributed by atoms with Gasteiger partial charge in [0.2, 0.25) is 5.91 Å². The summed E-state index contributed by atoms with van der Waals surface area (Å²) in [6, 6.07) is 0. The van der Waals surface area contributed by atoms with Gasteiger partial charge in [-0.05, 0) is 99.9 Å². The molecule has 0 radical (unpaired) electrons. The first-order valence-corrected chi connectivity index (χ1v) is 11.8. The molecule has 1 amide bonds. The zero-order chi connectivity index (χ0) is 23.0. The molecular formula is C25H36F3NO2. The monoisotopic (exact) mass is 439 g/mol. The van der Waals surface area contributed by atoms with Crippen molar-refractivity contribution in [2.24, 2.45) is 34.5 Å². The van der Waals surface area contributed by atoms with Crippen LogP contribution in [0.25, 0.3) is 0 Å². The third-order valence-electron chi connectivity index (χ3n) is 9.22. The van der Waals surface area contributed by atoms with Crippen LogP contribution >= 0.6 is 0 Å². The highest BCUT2D eigenvalue weighted by Gasteiger charge is 2.62. The molecule has 3 saturated carbocycles. The molecule has 0 saturated heterocycles. The second-order valence-electron chi connectivity index (χ2n) is 12.0. The molecule has 0 aromatic rings. The summed E-state index contributed by atoms with van der Waals surface area (Å²) in [4.78, 5) is 25.3. The maximum Gasteiger partial charge on any atom is 0.419 e. The average Bonchev–Trinajstić information content (AvgIpc) is 2.97. The zero-order valence-corrected chi connectivity index (χ0v) is 19.4. The number of fused-ring (bicyclic) bond motifs is 5. The molecule has 31 heavy (non-hydrogen) atoms. The molecule has 3 fully saturated rings. The largest absolute Gasteiger partial charge is 0.419 e. The highest BCUT2D eigenvalue weighted by atomic mass is 19.4. The Hall–Kier alpha value is -1.33. The van der Waals surface area contributed by atoms with Gasteiger partial charge in [-0.3, -0.25) is 9.59 Å². The van der Waals surface area contributed by atoms with Gasteiger partial charge in [-0.25, -0.2) is 0 Å². The highest BCUT2D eigenvalue weighted by molar-refractivity contribution is 5.98. The molecule has 0 aliphatic heterocycles. The molecule has 4 aliphatic carbocycles. The number of amides is 1. The van der Waals surface area contributed by atoms with Crippen molar-refractivity contribution in [1.82, 2.24) is 5.32 Å². The lowest BCUT2D eigenvalue weighted by molar-refractivity contribution is -0.138. The lowest BCUT2D eigenvalue weighted by atomic mass is 9.46. The normalized spacial score (nSPS) is 40.8. The molecule has 0 bridgehead atoms. The first-order chi connectivity index (χ1) is 14.2. The second kappa shape index (κ2) is 7.08. The number of hydrogen-bond donors (Lipinski definition) is 1. The maximum atomic E-state index is 13.8. The molecule has 0 unspecified atom stereocenters. The standard InChI is InChI=1S/C25H36F3NO2/c1-22(2,3)29-21(31)18-9-8-15-14-6-7-17-20(25(26,27)28)19(30)11-13-23(17,4)16(14)10-12-24(15,18)5/h14-16,18H,6-13H2,1-5H3,(H,29,31)/t14-,15-,16-,18+,23+,24-/m0/s1. The molecule has 0 spiro atoms. The van der Waals surface area contributed by atoms with Crippen molar-refractivity contribution in [1.29, 1.82) is 0 Å². The van der Waals surface area contributed by atoms with Gasteiger partial charge in [-0.2, -0.15) is 13.2 Å². The van der Waals surface area contributed by atoms with Crippen LogP contribution in [0.3, 0.4) is 0 Å². The molecule has 174 valence electrons. The number of Topliss-reactive ketones (excluding diaryl/α,β-unsaturated/α-hetero) is 1. The Kier molecular flexibility index (Phi) is 5.22. The Bertz CT molecular complexity index is 824. The number of rotatable bonds is 1. The number of hydrogen-bond acceptors (Lipinski definition) is 2. The van der Waals surface area contributed by atoms with Crippen molar-refractivity contribution in [2.45, 2.75) is 97.7 Å². The lowest BCUT2D eigenvalue weighted by Gasteiger charge is -2.58. The predicted octanol–water partition coefficient (Wildman–Crippen LogP) is 5.98. The van der Waals surface area contributed by atoms with Crippen LogP contribution < -0.4 is 5.32 Å². The third kappa shape index (κ3) is 3.56. The predicted molar refractivity (Wildman–Crippen MR) is 113 cm³/mol. The minimum atomic E-state index is -4.56. The van der Waals surface area contributed by atoms with Gasteiger partial charge in [0.1, 0.15) is 0 Å². The van der Waals surface area contributed by atoms with E-state index in [2.05, 4.69) is 12.2 Å². The second-order valence-corrected chi connectivity index (χ2v) is 12.0. The van der Waals surface area contributed by atoms with Crippen LogP contribution in [0.5, 0.6) is 0 Å². The van der Waals surface area contributed by atoms with Crippen molar-refractivity contribution in [3.63, 3.8) is 0 Å². The summed E-state index contributed by atoms with van der Waals surface area (Å²) < 4.78 is 41.4. The van der Waals surface area contributed by atoms with Crippen molar-refractivity contribution < 1.29 is 22.8 Å². The van der Waals surface area contributed by atoms with Gasteiger partial charge >= 0.3 is 6.18 Å². The topological polar surface area (TPSA) is 46.2 Å². The van der Waals surface area contributed by atoms with Crippen molar-refractivity contribution in [3.8, 4) is 0 Å². The third-order valence-corrected chi connectivity index (χ3v) is 9.22. The van der Waals surface area contributed by atoms with E-state index < -0.39 is 22.9 Å². The van der Waals surface area contributed by atoms with E-state index >= 15 is 0 Å². The van der Waals surface area contributed by atoms with E-state index in [0.717, 1.165) is 25.7 Å². The van der Waals surface area contributed by atoms with Crippen LogP contribution in [0.1, 0.15) is 86.0 Å². The van der Waals surface area contributed by atoms with E-state index in [4.69, 9.17) is 0 Å². The van der Waals surface area contributed by atoms with Gasteiger partial charge < -0.3 is 5.32 Å².